The standard InChI is InChI=1S/C25H25FN6OS2/c26-18-1-3-19(4-2-18)29-22-9-12-28-25(31-22)30-20-5-7-21(8-6-20)35-32-14-10-17(11-15-32)23(33)24-27-13-16-34-24/h1-9,12-13,16-17,23,33H,10-11,14-15H2,(H2,28,29,30,31). The van der Waals surface area contributed by atoms with E-state index in [0.717, 1.165) is 47.2 Å². The first-order valence-electron chi connectivity index (χ1n) is 11.4. The van der Waals surface area contributed by atoms with E-state index in [1.807, 2.05) is 17.5 Å². The number of halogens is 1. The topological polar surface area (TPSA) is 86.2 Å². The first-order valence-corrected chi connectivity index (χ1v) is 13.0. The Kier molecular flexibility index (Phi) is 7.53. The van der Waals surface area contributed by atoms with Gasteiger partial charge in [0, 0.05) is 47.1 Å². The highest BCUT2D eigenvalue weighted by Crippen LogP contribution is 2.35. The van der Waals surface area contributed by atoms with Crippen molar-refractivity contribution >= 4 is 46.4 Å². The number of anilines is 4. The summed E-state index contributed by atoms with van der Waals surface area (Å²) < 4.78 is 15.5. The van der Waals surface area contributed by atoms with Crippen LogP contribution in [0, 0.1) is 11.7 Å². The molecule has 0 saturated carbocycles. The van der Waals surface area contributed by atoms with E-state index >= 15 is 0 Å². The summed E-state index contributed by atoms with van der Waals surface area (Å²) in [6, 6.07) is 16.0. The Morgan fingerprint density at radius 3 is 2.37 bits per heavy atom. The van der Waals surface area contributed by atoms with Crippen LogP contribution in [0.5, 0.6) is 0 Å². The quantitative estimate of drug-likeness (QED) is 0.249. The molecule has 35 heavy (non-hydrogen) atoms. The molecule has 0 aliphatic carbocycles. The van der Waals surface area contributed by atoms with Crippen LogP contribution in [0.3, 0.4) is 0 Å². The molecule has 3 heterocycles. The van der Waals surface area contributed by atoms with Crippen LogP contribution in [0.1, 0.15) is 24.0 Å². The Labute approximate surface area is 211 Å². The minimum atomic E-state index is -0.459. The van der Waals surface area contributed by atoms with Crippen LogP contribution in [-0.4, -0.2) is 37.5 Å². The summed E-state index contributed by atoms with van der Waals surface area (Å²) in [6.45, 7) is 1.86. The van der Waals surface area contributed by atoms with Crippen LogP contribution in [0.25, 0.3) is 0 Å². The molecular weight excluding hydrogens is 483 g/mol. The van der Waals surface area contributed by atoms with E-state index in [1.54, 1.807) is 42.5 Å². The third-order valence-electron chi connectivity index (χ3n) is 5.77. The van der Waals surface area contributed by atoms with Gasteiger partial charge in [0.25, 0.3) is 0 Å². The Bertz CT molecular complexity index is 1220. The van der Waals surface area contributed by atoms with Crippen LogP contribution in [0.2, 0.25) is 0 Å². The van der Waals surface area contributed by atoms with Crippen molar-refractivity contribution in [3.63, 3.8) is 0 Å². The third-order valence-corrected chi connectivity index (χ3v) is 7.72. The monoisotopic (exact) mass is 508 g/mol. The first kappa shape index (κ1) is 23.7. The predicted molar refractivity (Wildman–Crippen MR) is 139 cm³/mol. The Balaban J connectivity index is 1.13. The van der Waals surface area contributed by atoms with Crippen LogP contribution in [0.4, 0.5) is 27.5 Å². The third kappa shape index (κ3) is 6.34. The molecule has 1 saturated heterocycles. The largest absolute Gasteiger partial charge is 0.386 e. The summed E-state index contributed by atoms with van der Waals surface area (Å²) in [5.41, 5.74) is 1.64. The molecule has 4 aromatic rings. The van der Waals surface area contributed by atoms with Crippen LogP contribution in [-0.2, 0) is 0 Å². The summed E-state index contributed by atoms with van der Waals surface area (Å²) >= 11 is 3.26. The SMILES string of the molecule is OC(c1nccs1)C1CCN(Sc2ccc(Nc3nccc(Nc4ccc(F)cc4)n3)cc2)CC1. The maximum absolute atomic E-state index is 13.1. The fraction of sp³-hybridized carbons (Fsp3) is 0.240. The highest BCUT2D eigenvalue weighted by Gasteiger charge is 2.28. The van der Waals surface area contributed by atoms with Gasteiger partial charge in [0.15, 0.2) is 0 Å². The van der Waals surface area contributed by atoms with E-state index in [1.165, 1.54) is 23.5 Å². The number of aliphatic hydroxyl groups excluding tert-OH is 1. The van der Waals surface area contributed by atoms with Gasteiger partial charge >= 0.3 is 0 Å². The molecule has 1 unspecified atom stereocenters. The minimum absolute atomic E-state index is 0.262. The number of nitrogens with one attached hydrogen (secondary N) is 2. The molecule has 5 rings (SSSR count). The highest BCUT2D eigenvalue weighted by atomic mass is 32.2. The summed E-state index contributed by atoms with van der Waals surface area (Å²) in [5, 5.41) is 19.7. The average Bonchev–Trinajstić information content (AvgIpc) is 3.42. The lowest BCUT2D eigenvalue weighted by Gasteiger charge is -2.32. The smallest absolute Gasteiger partial charge is 0.229 e. The zero-order valence-corrected chi connectivity index (χ0v) is 20.5. The lowest BCUT2D eigenvalue weighted by Crippen LogP contribution is -2.31. The molecular formula is C25H25FN6OS2. The van der Waals surface area contributed by atoms with Gasteiger partial charge in [0.1, 0.15) is 22.7 Å². The fourth-order valence-electron chi connectivity index (χ4n) is 3.91. The molecule has 1 aliphatic rings. The van der Waals surface area contributed by atoms with Crippen molar-refractivity contribution in [3.05, 3.63) is 83.2 Å². The number of piperidine rings is 1. The molecule has 3 N–H and O–H groups in total. The molecule has 0 bridgehead atoms. The number of nitrogens with zero attached hydrogens (tertiary/aromatic N) is 4. The van der Waals surface area contributed by atoms with Crippen molar-refractivity contribution in [2.75, 3.05) is 23.7 Å². The maximum Gasteiger partial charge on any atom is 0.229 e. The second-order valence-electron chi connectivity index (χ2n) is 8.22. The molecule has 0 spiro atoms. The van der Waals surface area contributed by atoms with Crippen molar-refractivity contribution in [2.45, 2.75) is 23.8 Å². The van der Waals surface area contributed by atoms with E-state index < -0.39 is 6.10 Å². The van der Waals surface area contributed by atoms with E-state index in [4.69, 9.17) is 0 Å². The number of thiazole rings is 1. The molecule has 0 amide bonds. The van der Waals surface area contributed by atoms with Gasteiger partial charge in [0.05, 0.1) is 0 Å². The van der Waals surface area contributed by atoms with Gasteiger partial charge in [-0.15, -0.1) is 11.3 Å². The molecule has 2 aromatic carbocycles. The van der Waals surface area contributed by atoms with Crippen molar-refractivity contribution in [3.8, 4) is 0 Å². The average molecular weight is 509 g/mol. The zero-order valence-electron chi connectivity index (χ0n) is 18.8. The van der Waals surface area contributed by atoms with Gasteiger partial charge < -0.3 is 15.7 Å². The van der Waals surface area contributed by atoms with E-state index in [2.05, 4.69) is 42.0 Å². The lowest BCUT2D eigenvalue weighted by atomic mass is 9.92. The van der Waals surface area contributed by atoms with Crippen molar-refractivity contribution < 1.29 is 9.50 Å². The second-order valence-corrected chi connectivity index (χ2v) is 10.3. The van der Waals surface area contributed by atoms with E-state index in [0.29, 0.717) is 11.8 Å². The highest BCUT2D eigenvalue weighted by molar-refractivity contribution is 7.97. The number of hydrogen-bond donors (Lipinski definition) is 3. The van der Waals surface area contributed by atoms with E-state index in [9.17, 15) is 9.50 Å². The first-order chi connectivity index (χ1) is 17.1. The molecule has 7 nitrogen and oxygen atoms in total. The molecule has 1 aliphatic heterocycles. The van der Waals surface area contributed by atoms with Gasteiger partial charge in [0.2, 0.25) is 5.95 Å². The molecule has 2 aromatic heterocycles. The summed E-state index contributed by atoms with van der Waals surface area (Å²) in [6.07, 6.45) is 4.86. The van der Waals surface area contributed by atoms with Gasteiger partial charge in [-0.3, -0.25) is 0 Å². The Morgan fingerprint density at radius 1 is 0.943 bits per heavy atom. The number of hydrogen-bond acceptors (Lipinski definition) is 9. The van der Waals surface area contributed by atoms with Crippen molar-refractivity contribution in [1.29, 1.82) is 0 Å². The summed E-state index contributed by atoms with van der Waals surface area (Å²) in [5.74, 6) is 1.07. The Morgan fingerprint density at radius 2 is 1.66 bits per heavy atom. The molecule has 180 valence electrons. The minimum Gasteiger partial charge on any atom is -0.386 e. The predicted octanol–water partition coefficient (Wildman–Crippen LogP) is 6.01. The molecule has 1 fully saturated rings. The van der Waals surface area contributed by atoms with Crippen molar-refractivity contribution in [2.24, 2.45) is 5.92 Å². The Hall–Kier alpha value is -3.05. The second kappa shape index (κ2) is 11.1. The number of aromatic nitrogens is 3. The number of aliphatic hydroxyl groups is 1. The van der Waals surface area contributed by atoms with Gasteiger partial charge in [-0.05, 0) is 85.3 Å². The van der Waals surface area contributed by atoms with Crippen LogP contribution >= 0.6 is 23.3 Å². The van der Waals surface area contributed by atoms with Gasteiger partial charge in [-0.1, -0.05) is 0 Å². The maximum atomic E-state index is 13.1. The fourth-order valence-corrected chi connectivity index (χ4v) is 5.58. The molecule has 10 heteroatoms. The summed E-state index contributed by atoms with van der Waals surface area (Å²) in [7, 11) is 0. The van der Waals surface area contributed by atoms with E-state index in [-0.39, 0.29) is 11.7 Å². The van der Waals surface area contributed by atoms with Crippen LogP contribution in [0.15, 0.2) is 77.3 Å². The number of rotatable bonds is 8. The van der Waals surface area contributed by atoms with Gasteiger partial charge in [-0.25, -0.2) is 18.7 Å². The molecule has 1 atom stereocenters. The summed E-state index contributed by atoms with van der Waals surface area (Å²) in [4.78, 5) is 14.2. The lowest BCUT2D eigenvalue weighted by molar-refractivity contribution is 0.0776. The number of benzene rings is 2. The van der Waals surface area contributed by atoms with Gasteiger partial charge in [-0.2, -0.15) is 4.98 Å². The normalized spacial score (nSPS) is 15.6. The van der Waals surface area contributed by atoms with Crippen LogP contribution < -0.4 is 10.6 Å². The molecule has 0 radical (unpaired) electrons. The van der Waals surface area contributed by atoms with Crippen molar-refractivity contribution in [1.82, 2.24) is 19.3 Å². The zero-order chi connectivity index (χ0) is 24.0.